The van der Waals surface area contributed by atoms with Crippen molar-refractivity contribution in [3.63, 3.8) is 0 Å². The largest absolute Gasteiger partial charge is 0.493 e. The fourth-order valence-electron chi connectivity index (χ4n) is 3.39. The van der Waals surface area contributed by atoms with Gasteiger partial charge in [-0.2, -0.15) is 12.6 Å². The van der Waals surface area contributed by atoms with Crippen molar-refractivity contribution in [2.45, 2.75) is 24.7 Å². The summed E-state index contributed by atoms with van der Waals surface area (Å²) in [5.41, 5.74) is 1.79. The zero-order valence-corrected chi connectivity index (χ0v) is 11.7. The lowest BCUT2D eigenvalue weighted by molar-refractivity contribution is 0.209. The molecule has 1 atom stereocenters. The molecular weight excluding hydrogens is 242 g/mol. The molecule has 2 aliphatic rings. The third kappa shape index (κ3) is 2.14. The van der Waals surface area contributed by atoms with Gasteiger partial charge in [-0.1, -0.05) is 18.2 Å². The Balaban J connectivity index is 1.81. The minimum atomic E-state index is 0.353. The zero-order valence-electron chi connectivity index (χ0n) is 10.8. The summed E-state index contributed by atoms with van der Waals surface area (Å²) in [5.74, 6) is 2.10. The van der Waals surface area contributed by atoms with Crippen LogP contribution in [0.1, 0.15) is 24.8 Å². The van der Waals surface area contributed by atoms with Gasteiger partial charge in [0.05, 0.1) is 6.61 Å². The first-order chi connectivity index (χ1) is 8.84. The summed E-state index contributed by atoms with van der Waals surface area (Å²) in [4.78, 5) is 2.60. The lowest BCUT2D eigenvalue weighted by Gasteiger charge is -2.35. The number of rotatable bonds is 3. The van der Waals surface area contributed by atoms with E-state index in [1.54, 1.807) is 0 Å². The number of para-hydroxylation sites is 1. The second kappa shape index (κ2) is 5.14. The molecule has 98 valence electrons. The van der Waals surface area contributed by atoms with Crippen LogP contribution in [-0.4, -0.2) is 36.9 Å². The Hall–Kier alpha value is -0.670. The highest BCUT2D eigenvalue weighted by Gasteiger charge is 2.42. The van der Waals surface area contributed by atoms with Gasteiger partial charge in [-0.25, -0.2) is 0 Å². The second-order valence-electron chi connectivity index (χ2n) is 5.48. The molecule has 0 aromatic heterocycles. The quantitative estimate of drug-likeness (QED) is 0.842. The van der Waals surface area contributed by atoms with Gasteiger partial charge in [-0.3, -0.25) is 0 Å². The fourth-order valence-corrected chi connectivity index (χ4v) is 3.53. The monoisotopic (exact) mass is 263 g/mol. The van der Waals surface area contributed by atoms with E-state index in [0.717, 1.165) is 18.1 Å². The van der Waals surface area contributed by atoms with Crippen molar-refractivity contribution in [2.24, 2.45) is 0 Å². The maximum absolute atomic E-state index is 5.80. The van der Waals surface area contributed by atoms with Crippen LogP contribution in [0.2, 0.25) is 0 Å². The molecule has 1 aromatic carbocycles. The van der Waals surface area contributed by atoms with Crippen molar-refractivity contribution in [3.05, 3.63) is 29.8 Å². The van der Waals surface area contributed by atoms with Crippen LogP contribution in [0, 0.1) is 0 Å². The molecule has 0 saturated carbocycles. The van der Waals surface area contributed by atoms with Crippen LogP contribution in [0.3, 0.4) is 0 Å². The number of ether oxygens (including phenoxy) is 1. The molecule has 0 radical (unpaired) electrons. The van der Waals surface area contributed by atoms with Gasteiger partial charge in [-0.05, 0) is 44.2 Å². The third-order valence-electron chi connectivity index (χ3n) is 4.36. The molecule has 0 N–H and O–H groups in total. The van der Waals surface area contributed by atoms with Crippen molar-refractivity contribution < 1.29 is 4.74 Å². The van der Waals surface area contributed by atoms with E-state index in [2.05, 4.69) is 41.8 Å². The molecule has 2 nitrogen and oxygen atoms in total. The van der Waals surface area contributed by atoms with Crippen LogP contribution in [-0.2, 0) is 5.41 Å². The molecule has 1 spiro atoms. The third-order valence-corrected chi connectivity index (χ3v) is 4.68. The number of benzene rings is 1. The summed E-state index contributed by atoms with van der Waals surface area (Å²) < 4.78 is 5.80. The number of fused-ring (bicyclic) bond motifs is 2. The fraction of sp³-hybridized carbons (Fsp3) is 0.600. The highest BCUT2D eigenvalue weighted by atomic mass is 32.1. The highest BCUT2D eigenvalue weighted by molar-refractivity contribution is 7.80. The molecule has 1 saturated heterocycles. The summed E-state index contributed by atoms with van der Waals surface area (Å²) in [5, 5.41) is 0. The molecule has 1 fully saturated rings. The van der Waals surface area contributed by atoms with Crippen LogP contribution >= 0.6 is 12.6 Å². The van der Waals surface area contributed by atoms with E-state index < -0.39 is 0 Å². The van der Waals surface area contributed by atoms with Gasteiger partial charge in [0.25, 0.3) is 0 Å². The summed E-state index contributed by atoms with van der Waals surface area (Å²) >= 11 is 4.31. The first-order valence-corrected chi connectivity index (χ1v) is 7.53. The smallest absolute Gasteiger partial charge is 0.123 e. The highest BCUT2D eigenvalue weighted by Crippen LogP contribution is 2.44. The Morgan fingerprint density at radius 1 is 1.28 bits per heavy atom. The van der Waals surface area contributed by atoms with E-state index in [1.165, 1.54) is 44.5 Å². The lowest BCUT2D eigenvalue weighted by atomic mass is 9.75. The van der Waals surface area contributed by atoms with E-state index in [-0.39, 0.29) is 0 Å². The van der Waals surface area contributed by atoms with Gasteiger partial charge < -0.3 is 9.64 Å². The molecular formula is C15H21NOS. The zero-order chi connectivity index (χ0) is 12.4. The lowest BCUT2D eigenvalue weighted by Crippen LogP contribution is -2.36. The van der Waals surface area contributed by atoms with Crippen LogP contribution in [0.15, 0.2) is 24.3 Å². The standard InChI is InChI=1S/C15H21NOS/c18-11-3-8-16-9-6-15(12-16)7-10-17-14-5-2-1-4-13(14)15/h1-2,4-5,18H,3,6-12H2. The maximum Gasteiger partial charge on any atom is 0.123 e. The summed E-state index contributed by atoms with van der Waals surface area (Å²) in [6.07, 6.45) is 3.64. The average Bonchev–Trinajstić information content (AvgIpc) is 2.81. The van der Waals surface area contributed by atoms with Gasteiger partial charge in [-0.15, -0.1) is 0 Å². The van der Waals surface area contributed by atoms with Gasteiger partial charge >= 0.3 is 0 Å². The molecule has 3 rings (SSSR count). The Kier molecular flexibility index (Phi) is 3.53. The van der Waals surface area contributed by atoms with Gasteiger partial charge in [0.2, 0.25) is 0 Å². The minimum absolute atomic E-state index is 0.353. The molecule has 18 heavy (non-hydrogen) atoms. The average molecular weight is 263 g/mol. The number of nitrogens with zero attached hydrogens (tertiary/aromatic N) is 1. The SMILES string of the molecule is SCCCN1CCC2(CCOc3ccccc32)C1. The minimum Gasteiger partial charge on any atom is -0.493 e. The van der Waals surface area contributed by atoms with E-state index in [9.17, 15) is 0 Å². The van der Waals surface area contributed by atoms with Crippen molar-refractivity contribution in [1.82, 2.24) is 4.90 Å². The van der Waals surface area contributed by atoms with Crippen LogP contribution in [0.25, 0.3) is 0 Å². The molecule has 1 aromatic rings. The molecule has 2 heterocycles. The molecule has 2 aliphatic heterocycles. The summed E-state index contributed by atoms with van der Waals surface area (Å²) in [7, 11) is 0. The van der Waals surface area contributed by atoms with E-state index >= 15 is 0 Å². The normalized spacial score (nSPS) is 27.2. The van der Waals surface area contributed by atoms with Crippen molar-refractivity contribution >= 4 is 12.6 Å². The van der Waals surface area contributed by atoms with Gasteiger partial charge in [0.1, 0.15) is 5.75 Å². The Morgan fingerprint density at radius 2 is 2.17 bits per heavy atom. The maximum atomic E-state index is 5.80. The molecule has 0 aliphatic carbocycles. The van der Waals surface area contributed by atoms with Crippen molar-refractivity contribution in [1.29, 1.82) is 0 Å². The Bertz CT molecular complexity index is 423. The van der Waals surface area contributed by atoms with E-state index in [1.807, 2.05) is 0 Å². The number of likely N-dealkylation sites (tertiary alicyclic amines) is 1. The van der Waals surface area contributed by atoms with E-state index in [0.29, 0.717) is 5.41 Å². The molecule has 0 bridgehead atoms. The van der Waals surface area contributed by atoms with Crippen molar-refractivity contribution in [3.8, 4) is 5.75 Å². The first-order valence-electron chi connectivity index (χ1n) is 6.90. The summed E-state index contributed by atoms with van der Waals surface area (Å²) in [6, 6.07) is 8.60. The number of thiol groups is 1. The molecule has 3 heteroatoms. The first kappa shape index (κ1) is 12.4. The van der Waals surface area contributed by atoms with Crippen LogP contribution in [0.4, 0.5) is 0 Å². The van der Waals surface area contributed by atoms with Crippen molar-refractivity contribution in [2.75, 3.05) is 32.0 Å². The molecule has 0 amide bonds. The predicted molar refractivity (Wildman–Crippen MR) is 77.8 cm³/mol. The van der Waals surface area contributed by atoms with Gasteiger partial charge in [0.15, 0.2) is 0 Å². The molecule has 1 unspecified atom stereocenters. The van der Waals surface area contributed by atoms with Gasteiger partial charge in [0, 0.05) is 17.5 Å². The Labute approximate surface area is 115 Å². The van der Waals surface area contributed by atoms with Crippen LogP contribution in [0.5, 0.6) is 5.75 Å². The summed E-state index contributed by atoms with van der Waals surface area (Å²) in [6.45, 7) is 4.48. The topological polar surface area (TPSA) is 12.5 Å². The predicted octanol–water partition coefficient (Wildman–Crippen LogP) is 2.73. The Morgan fingerprint density at radius 3 is 3.06 bits per heavy atom. The second-order valence-corrected chi connectivity index (χ2v) is 5.93. The number of hydrogen-bond acceptors (Lipinski definition) is 3. The van der Waals surface area contributed by atoms with Crippen LogP contribution < -0.4 is 4.74 Å². The number of hydrogen-bond donors (Lipinski definition) is 1. The van der Waals surface area contributed by atoms with E-state index in [4.69, 9.17) is 4.74 Å².